The van der Waals surface area contributed by atoms with Crippen LogP contribution in [-0.4, -0.2) is 25.9 Å². The van der Waals surface area contributed by atoms with Crippen LogP contribution in [0.4, 0.5) is 0 Å². The number of hydrogen-bond donors (Lipinski definition) is 2. The van der Waals surface area contributed by atoms with Crippen molar-refractivity contribution in [1.82, 2.24) is 0 Å². The first-order chi connectivity index (χ1) is 11.9. The minimum Gasteiger partial charge on any atom is -0.282 e. The zero-order chi connectivity index (χ0) is 19.7. The van der Waals surface area contributed by atoms with Crippen LogP contribution in [-0.2, 0) is 26.7 Å². The lowest BCUT2D eigenvalue weighted by molar-refractivity contribution is 0.476. The van der Waals surface area contributed by atoms with Crippen LogP contribution >= 0.6 is 0 Å². The first-order valence-corrected chi connectivity index (χ1v) is 11.0. The van der Waals surface area contributed by atoms with Crippen LogP contribution in [0, 0.1) is 13.8 Å². The molecule has 2 N–H and O–H groups in total. The van der Waals surface area contributed by atoms with Crippen molar-refractivity contribution in [2.45, 2.75) is 49.3 Å². The second kappa shape index (κ2) is 7.48. The van der Waals surface area contributed by atoms with Gasteiger partial charge in [-0.3, -0.25) is 9.11 Å². The molecule has 0 radical (unpaired) electrons. The molecule has 1 unspecified atom stereocenters. The molecule has 0 aliphatic rings. The van der Waals surface area contributed by atoms with Gasteiger partial charge in [-0.25, -0.2) is 0 Å². The van der Waals surface area contributed by atoms with Gasteiger partial charge >= 0.3 is 0 Å². The van der Waals surface area contributed by atoms with Crippen molar-refractivity contribution in [3.8, 4) is 0 Å². The fourth-order valence-corrected chi connectivity index (χ4v) is 4.56. The summed E-state index contributed by atoms with van der Waals surface area (Å²) < 4.78 is 65.8. The summed E-state index contributed by atoms with van der Waals surface area (Å²) in [7, 11) is -8.81. The van der Waals surface area contributed by atoms with Crippen LogP contribution in [0.2, 0.25) is 0 Å². The number of aryl methyl sites for hydroxylation is 2. The first-order valence-electron chi connectivity index (χ1n) is 8.08. The molecule has 0 saturated carbocycles. The topological polar surface area (TPSA) is 109 Å². The van der Waals surface area contributed by atoms with Crippen LogP contribution < -0.4 is 0 Å². The SMILES string of the molecule is CCC(Cc1cc(C)ccc1S(=O)(=O)O)c1cc(C)ccc1S(=O)(=O)O. The van der Waals surface area contributed by atoms with Gasteiger partial charge in [-0.2, -0.15) is 16.8 Å². The summed E-state index contributed by atoms with van der Waals surface area (Å²) in [6.07, 6.45) is 0.726. The van der Waals surface area contributed by atoms with Gasteiger partial charge in [-0.05, 0) is 55.9 Å². The van der Waals surface area contributed by atoms with Gasteiger partial charge in [0, 0.05) is 0 Å². The Morgan fingerprint density at radius 2 is 1.35 bits per heavy atom. The maximum absolute atomic E-state index is 11.7. The minimum absolute atomic E-state index is 0.184. The molecule has 26 heavy (non-hydrogen) atoms. The van der Waals surface area contributed by atoms with Crippen LogP contribution in [0.25, 0.3) is 0 Å². The highest BCUT2D eigenvalue weighted by Crippen LogP contribution is 2.32. The highest BCUT2D eigenvalue weighted by atomic mass is 32.2. The van der Waals surface area contributed by atoms with Gasteiger partial charge < -0.3 is 0 Å². The Morgan fingerprint density at radius 1 is 0.846 bits per heavy atom. The maximum Gasteiger partial charge on any atom is 0.294 e. The summed E-state index contributed by atoms with van der Waals surface area (Å²) in [5.74, 6) is -0.353. The van der Waals surface area contributed by atoms with Crippen molar-refractivity contribution in [2.75, 3.05) is 0 Å². The van der Waals surface area contributed by atoms with E-state index in [1.165, 1.54) is 12.1 Å². The van der Waals surface area contributed by atoms with Gasteiger partial charge in [-0.15, -0.1) is 0 Å². The highest BCUT2D eigenvalue weighted by Gasteiger charge is 2.24. The van der Waals surface area contributed by atoms with Gasteiger partial charge in [0.05, 0.1) is 9.79 Å². The molecule has 2 aromatic rings. The van der Waals surface area contributed by atoms with Crippen molar-refractivity contribution in [3.63, 3.8) is 0 Å². The van der Waals surface area contributed by atoms with E-state index in [9.17, 15) is 25.9 Å². The van der Waals surface area contributed by atoms with E-state index in [1.54, 1.807) is 38.1 Å². The van der Waals surface area contributed by atoms with E-state index in [4.69, 9.17) is 0 Å². The lowest BCUT2D eigenvalue weighted by Gasteiger charge is -2.20. The highest BCUT2D eigenvalue weighted by molar-refractivity contribution is 7.86. The second-order valence-electron chi connectivity index (χ2n) is 6.41. The molecule has 142 valence electrons. The van der Waals surface area contributed by atoms with E-state index >= 15 is 0 Å². The molecule has 0 amide bonds. The molecule has 0 aliphatic heterocycles. The molecule has 0 bridgehead atoms. The molecule has 2 aromatic carbocycles. The van der Waals surface area contributed by atoms with Gasteiger partial charge in [-0.1, -0.05) is 42.3 Å². The van der Waals surface area contributed by atoms with Gasteiger partial charge in [0.1, 0.15) is 0 Å². The fraction of sp³-hybridized carbons (Fsp3) is 0.333. The Hall–Kier alpha value is -1.74. The van der Waals surface area contributed by atoms with Crippen LogP contribution in [0.15, 0.2) is 46.2 Å². The van der Waals surface area contributed by atoms with Crippen molar-refractivity contribution in [3.05, 3.63) is 58.7 Å². The van der Waals surface area contributed by atoms with Gasteiger partial charge in [0.25, 0.3) is 20.2 Å². The quantitative estimate of drug-likeness (QED) is 0.721. The summed E-state index contributed by atoms with van der Waals surface area (Å²) in [5, 5.41) is 0. The predicted molar refractivity (Wildman–Crippen MR) is 98.7 cm³/mol. The normalized spacial score (nSPS) is 13.6. The minimum atomic E-state index is -4.41. The Labute approximate surface area is 154 Å². The van der Waals surface area contributed by atoms with E-state index < -0.39 is 20.2 Å². The Balaban J connectivity index is 2.60. The molecule has 0 fully saturated rings. The van der Waals surface area contributed by atoms with Gasteiger partial charge in [0.2, 0.25) is 0 Å². The molecule has 0 spiro atoms. The molecule has 0 heterocycles. The van der Waals surface area contributed by atoms with E-state index in [1.807, 2.05) is 6.92 Å². The second-order valence-corrected chi connectivity index (χ2v) is 9.19. The number of rotatable bonds is 6. The molecule has 0 aromatic heterocycles. The monoisotopic (exact) mass is 398 g/mol. The summed E-state index contributed by atoms with van der Waals surface area (Å²) in [6, 6.07) is 9.21. The summed E-state index contributed by atoms with van der Waals surface area (Å²) in [4.78, 5) is -0.376. The molecule has 1 atom stereocenters. The smallest absolute Gasteiger partial charge is 0.282 e. The summed E-state index contributed by atoms with van der Waals surface area (Å²) in [6.45, 7) is 5.46. The van der Waals surface area contributed by atoms with E-state index in [0.717, 1.165) is 11.1 Å². The lowest BCUT2D eigenvalue weighted by atomic mass is 9.88. The molecule has 0 saturated heterocycles. The first kappa shape index (κ1) is 20.6. The van der Waals surface area contributed by atoms with Crippen molar-refractivity contribution in [2.24, 2.45) is 0 Å². The van der Waals surface area contributed by atoms with Crippen LogP contribution in [0.3, 0.4) is 0 Å². The fourth-order valence-electron chi connectivity index (χ4n) is 3.08. The van der Waals surface area contributed by atoms with E-state index in [0.29, 0.717) is 17.5 Å². The maximum atomic E-state index is 11.7. The molecular weight excluding hydrogens is 376 g/mol. The van der Waals surface area contributed by atoms with Crippen LogP contribution in [0.1, 0.15) is 41.5 Å². The summed E-state index contributed by atoms with van der Waals surface area (Å²) >= 11 is 0. The predicted octanol–water partition coefficient (Wildman–Crippen LogP) is 3.53. The standard InChI is InChI=1S/C18H22O6S2/c1-4-14(16-10-13(3)6-8-18(16)26(22,23)24)11-15-9-12(2)5-7-17(15)25(19,20)21/h5-10,14H,4,11H2,1-3H3,(H,19,20,21)(H,22,23,24). The van der Waals surface area contributed by atoms with Crippen molar-refractivity contribution < 1.29 is 25.9 Å². The third-order valence-corrected chi connectivity index (χ3v) is 6.22. The molecule has 2 rings (SSSR count). The summed E-state index contributed by atoms with van der Waals surface area (Å²) in [5.41, 5.74) is 2.48. The Kier molecular flexibility index (Phi) is 5.92. The zero-order valence-electron chi connectivity index (χ0n) is 14.8. The number of benzene rings is 2. The van der Waals surface area contributed by atoms with Crippen molar-refractivity contribution in [1.29, 1.82) is 0 Å². The molecule has 6 nitrogen and oxygen atoms in total. The van der Waals surface area contributed by atoms with Crippen LogP contribution in [0.5, 0.6) is 0 Å². The Morgan fingerprint density at radius 3 is 1.85 bits per heavy atom. The van der Waals surface area contributed by atoms with E-state index in [-0.39, 0.29) is 22.1 Å². The van der Waals surface area contributed by atoms with E-state index in [2.05, 4.69) is 0 Å². The molecular formula is C18H22O6S2. The average molecular weight is 399 g/mol. The van der Waals surface area contributed by atoms with Crippen molar-refractivity contribution >= 4 is 20.2 Å². The third kappa shape index (κ3) is 4.70. The number of hydrogen-bond acceptors (Lipinski definition) is 4. The Bertz CT molecular complexity index is 1020. The van der Waals surface area contributed by atoms with Gasteiger partial charge in [0.15, 0.2) is 0 Å². The zero-order valence-corrected chi connectivity index (χ0v) is 16.4. The third-order valence-electron chi connectivity index (χ3n) is 4.34. The average Bonchev–Trinajstić information content (AvgIpc) is 2.50. The lowest BCUT2D eigenvalue weighted by Crippen LogP contribution is -2.12. The molecule has 8 heteroatoms. The largest absolute Gasteiger partial charge is 0.294 e. The molecule has 0 aliphatic carbocycles.